The number of hydrogen-bond acceptors (Lipinski definition) is 2. The average Bonchev–Trinajstić information content (AvgIpc) is 3.17. The van der Waals surface area contributed by atoms with Crippen molar-refractivity contribution >= 4 is 17.0 Å². The molecule has 0 saturated carbocycles. The number of imidazole rings is 1. The van der Waals surface area contributed by atoms with E-state index in [9.17, 15) is 9.90 Å². The predicted octanol–water partition coefficient (Wildman–Crippen LogP) is 7.99. The Kier molecular flexibility index (Phi) is 12.2. The Morgan fingerprint density at radius 2 is 1.33 bits per heavy atom. The van der Waals surface area contributed by atoms with Gasteiger partial charge in [-0.25, -0.2) is 4.98 Å². The standard InChI is InChI=1S/C26H42N2O2/c1-2-3-4-5-6-7-8-9-10-11-12-13-14-15-16-19-22(26(29)30)25-27-23-20-17-18-21-24(23)28-25/h17-18,20-22H,2-16,19H2,1H3,(H,27,28)(H,29,30). The zero-order valence-corrected chi connectivity index (χ0v) is 19.0. The highest BCUT2D eigenvalue weighted by Gasteiger charge is 2.22. The number of aliphatic carboxylic acids is 1. The molecule has 0 aliphatic heterocycles. The number of para-hydroxylation sites is 2. The number of H-pyrrole nitrogens is 1. The van der Waals surface area contributed by atoms with Gasteiger partial charge in [-0.15, -0.1) is 0 Å². The number of rotatable bonds is 18. The first-order valence-corrected chi connectivity index (χ1v) is 12.4. The molecule has 1 aromatic heterocycles. The zero-order chi connectivity index (χ0) is 21.4. The van der Waals surface area contributed by atoms with Gasteiger partial charge < -0.3 is 10.1 Å². The lowest BCUT2D eigenvalue weighted by molar-refractivity contribution is -0.139. The first kappa shape index (κ1) is 24.4. The van der Waals surface area contributed by atoms with Gasteiger partial charge in [-0.05, 0) is 18.6 Å². The van der Waals surface area contributed by atoms with E-state index in [4.69, 9.17) is 0 Å². The molecule has 0 aliphatic carbocycles. The highest BCUT2D eigenvalue weighted by molar-refractivity contribution is 5.79. The molecule has 1 heterocycles. The van der Waals surface area contributed by atoms with Crippen molar-refractivity contribution in [1.29, 1.82) is 0 Å². The van der Waals surface area contributed by atoms with Crippen molar-refractivity contribution in [1.82, 2.24) is 9.97 Å². The van der Waals surface area contributed by atoms with Crippen LogP contribution in [0, 0.1) is 0 Å². The molecule has 4 nitrogen and oxygen atoms in total. The second kappa shape index (κ2) is 15.0. The number of benzene rings is 1. The van der Waals surface area contributed by atoms with Gasteiger partial charge in [0.05, 0.1) is 11.0 Å². The summed E-state index contributed by atoms with van der Waals surface area (Å²) < 4.78 is 0. The molecular weight excluding hydrogens is 372 g/mol. The zero-order valence-electron chi connectivity index (χ0n) is 19.0. The highest BCUT2D eigenvalue weighted by atomic mass is 16.4. The van der Waals surface area contributed by atoms with Crippen molar-refractivity contribution in [2.24, 2.45) is 0 Å². The van der Waals surface area contributed by atoms with Crippen LogP contribution in [0.5, 0.6) is 0 Å². The van der Waals surface area contributed by atoms with Gasteiger partial charge >= 0.3 is 5.97 Å². The van der Waals surface area contributed by atoms with Crippen LogP contribution in [0.3, 0.4) is 0 Å². The van der Waals surface area contributed by atoms with Crippen molar-refractivity contribution in [3.63, 3.8) is 0 Å². The van der Waals surface area contributed by atoms with E-state index in [1.807, 2.05) is 24.3 Å². The van der Waals surface area contributed by atoms with Gasteiger partial charge in [-0.2, -0.15) is 0 Å². The van der Waals surface area contributed by atoms with Gasteiger partial charge in [-0.1, -0.05) is 115 Å². The van der Waals surface area contributed by atoms with Crippen molar-refractivity contribution in [3.05, 3.63) is 30.1 Å². The molecular formula is C26H42N2O2. The average molecular weight is 415 g/mol. The monoisotopic (exact) mass is 414 g/mol. The third-order valence-electron chi connectivity index (χ3n) is 6.13. The minimum absolute atomic E-state index is 0.528. The third-order valence-corrected chi connectivity index (χ3v) is 6.13. The van der Waals surface area contributed by atoms with E-state index in [1.165, 1.54) is 83.5 Å². The van der Waals surface area contributed by atoms with Gasteiger partial charge in [0.2, 0.25) is 0 Å². The second-order valence-corrected chi connectivity index (χ2v) is 8.77. The Hall–Kier alpha value is -1.84. The summed E-state index contributed by atoms with van der Waals surface area (Å²) in [5, 5.41) is 9.61. The van der Waals surface area contributed by atoms with E-state index < -0.39 is 11.9 Å². The Bertz CT molecular complexity index is 677. The molecule has 0 amide bonds. The van der Waals surface area contributed by atoms with Gasteiger partial charge in [0.1, 0.15) is 11.7 Å². The fraction of sp³-hybridized carbons (Fsp3) is 0.692. The Morgan fingerprint density at radius 1 is 0.833 bits per heavy atom. The summed E-state index contributed by atoms with van der Waals surface area (Å²) in [5.74, 6) is -0.715. The van der Waals surface area contributed by atoms with Crippen LogP contribution in [0.2, 0.25) is 0 Å². The molecule has 0 spiro atoms. The maximum absolute atomic E-state index is 11.7. The highest BCUT2D eigenvalue weighted by Crippen LogP contribution is 2.24. The largest absolute Gasteiger partial charge is 0.481 e. The molecule has 2 N–H and O–H groups in total. The maximum atomic E-state index is 11.7. The lowest BCUT2D eigenvalue weighted by Gasteiger charge is -2.09. The first-order chi connectivity index (χ1) is 14.7. The molecule has 0 radical (unpaired) electrons. The van der Waals surface area contributed by atoms with Crippen LogP contribution in [0.1, 0.15) is 121 Å². The van der Waals surface area contributed by atoms with Crippen LogP contribution < -0.4 is 0 Å². The van der Waals surface area contributed by atoms with E-state index in [2.05, 4.69) is 16.9 Å². The van der Waals surface area contributed by atoms with Crippen molar-refractivity contribution in [2.45, 2.75) is 116 Å². The number of nitrogens with one attached hydrogen (secondary N) is 1. The maximum Gasteiger partial charge on any atom is 0.314 e. The van der Waals surface area contributed by atoms with Crippen LogP contribution >= 0.6 is 0 Å². The molecule has 2 rings (SSSR count). The molecule has 2 aromatic rings. The van der Waals surface area contributed by atoms with E-state index in [0.29, 0.717) is 12.2 Å². The summed E-state index contributed by atoms with van der Waals surface area (Å²) in [6.07, 6.45) is 20.5. The summed E-state index contributed by atoms with van der Waals surface area (Å²) in [6, 6.07) is 7.73. The number of hydrogen-bond donors (Lipinski definition) is 2. The van der Waals surface area contributed by atoms with E-state index >= 15 is 0 Å². The number of carbonyl (C=O) groups is 1. The van der Waals surface area contributed by atoms with Gasteiger partial charge in [0, 0.05) is 0 Å². The number of nitrogens with zero attached hydrogens (tertiary/aromatic N) is 1. The summed E-state index contributed by atoms with van der Waals surface area (Å²) in [6.45, 7) is 2.27. The molecule has 1 atom stereocenters. The number of carboxylic acids is 1. The molecule has 1 unspecified atom stereocenters. The van der Waals surface area contributed by atoms with Gasteiger partial charge in [0.15, 0.2) is 0 Å². The van der Waals surface area contributed by atoms with Crippen LogP contribution in [0.15, 0.2) is 24.3 Å². The predicted molar refractivity (Wildman–Crippen MR) is 126 cm³/mol. The number of aromatic amines is 1. The number of fused-ring (bicyclic) bond motifs is 1. The van der Waals surface area contributed by atoms with Gasteiger partial charge in [-0.3, -0.25) is 4.79 Å². The quantitative estimate of drug-likeness (QED) is 0.243. The smallest absolute Gasteiger partial charge is 0.314 e. The van der Waals surface area contributed by atoms with Gasteiger partial charge in [0.25, 0.3) is 0 Å². The normalized spacial score (nSPS) is 12.4. The molecule has 0 aliphatic rings. The van der Waals surface area contributed by atoms with Crippen LogP contribution in [-0.2, 0) is 4.79 Å². The molecule has 168 valence electrons. The van der Waals surface area contributed by atoms with Crippen LogP contribution in [0.25, 0.3) is 11.0 Å². The van der Waals surface area contributed by atoms with Crippen molar-refractivity contribution in [2.75, 3.05) is 0 Å². The number of aromatic nitrogens is 2. The van der Waals surface area contributed by atoms with Crippen LogP contribution in [0.4, 0.5) is 0 Å². The minimum Gasteiger partial charge on any atom is -0.481 e. The molecule has 0 fully saturated rings. The summed E-state index contributed by atoms with van der Waals surface area (Å²) >= 11 is 0. The fourth-order valence-corrected chi connectivity index (χ4v) is 4.23. The lowest BCUT2D eigenvalue weighted by atomic mass is 9.99. The van der Waals surface area contributed by atoms with E-state index in [0.717, 1.165) is 23.9 Å². The van der Waals surface area contributed by atoms with Crippen LogP contribution in [-0.4, -0.2) is 21.0 Å². The minimum atomic E-state index is -0.778. The summed E-state index contributed by atoms with van der Waals surface area (Å²) in [7, 11) is 0. The Balaban J connectivity index is 1.48. The molecule has 1 aromatic carbocycles. The fourth-order valence-electron chi connectivity index (χ4n) is 4.23. The van der Waals surface area contributed by atoms with Crippen molar-refractivity contribution in [3.8, 4) is 0 Å². The summed E-state index contributed by atoms with van der Waals surface area (Å²) in [4.78, 5) is 19.4. The third kappa shape index (κ3) is 9.32. The first-order valence-electron chi connectivity index (χ1n) is 12.4. The van der Waals surface area contributed by atoms with Crippen molar-refractivity contribution < 1.29 is 9.90 Å². The van der Waals surface area contributed by atoms with E-state index in [1.54, 1.807) is 0 Å². The molecule has 0 saturated heterocycles. The second-order valence-electron chi connectivity index (χ2n) is 8.77. The Morgan fingerprint density at radius 3 is 1.83 bits per heavy atom. The lowest BCUT2D eigenvalue weighted by Crippen LogP contribution is -2.13. The molecule has 0 bridgehead atoms. The molecule has 30 heavy (non-hydrogen) atoms. The number of carboxylic acid groups (broad SMARTS) is 1. The van der Waals surface area contributed by atoms with E-state index in [-0.39, 0.29) is 0 Å². The Labute approximate surface area is 182 Å². The summed E-state index contributed by atoms with van der Waals surface area (Å²) in [5.41, 5.74) is 1.76. The number of unbranched alkanes of at least 4 members (excludes halogenated alkanes) is 14. The topological polar surface area (TPSA) is 66.0 Å². The SMILES string of the molecule is CCCCCCCCCCCCCCCCCC(C(=O)O)c1nc2ccccc2[nH]1. The molecule has 4 heteroatoms.